The zero-order valence-electron chi connectivity index (χ0n) is 30.3. The van der Waals surface area contributed by atoms with Crippen molar-refractivity contribution < 1.29 is 50.8 Å². The molecule has 292 valence electrons. The number of sulfonamides is 1. The number of hydrogen-bond donors (Lipinski definition) is 1. The maximum atomic E-state index is 15.9. The molecule has 0 aliphatic heterocycles. The van der Waals surface area contributed by atoms with Gasteiger partial charge in [-0.1, -0.05) is 17.7 Å². The summed E-state index contributed by atoms with van der Waals surface area (Å²) in [5.74, 6) is -2.10. The second-order valence-electron chi connectivity index (χ2n) is 12.6. The van der Waals surface area contributed by atoms with Gasteiger partial charge in [-0.3, -0.25) is 4.31 Å². The van der Waals surface area contributed by atoms with E-state index in [0.717, 1.165) is 11.2 Å². The number of benzene rings is 3. The average molecular weight is 812 g/mol. The van der Waals surface area contributed by atoms with E-state index >= 15 is 8.78 Å². The number of carboxylic acid groups (broad SMARTS) is 1. The zero-order chi connectivity index (χ0) is 39.8. The SMILES string of the molecule is CCN(CCN(Cc1cc(Cl)ccc1COc1cc(F)c(N(Cc2ccc(OC)cc2OC)S(=O)(=O)c2ncns2)cc1F)C(=O)O)C(=O)OC(C)(C)C. The Morgan fingerprint density at radius 2 is 1.61 bits per heavy atom. The summed E-state index contributed by atoms with van der Waals surface area (Å²) >= 11 is 6.81. The van der Waals surface area contributed by atoms with Gasteiger partial charge in [-0.05, 0) is 74.6 Å². The highest BCUT2D eigenvalue weighted by Crippen LogP contribution is 2.35. The molecule has 1 heterocycles. The Bertz CT molecular complexity index is 2050. The van der Waals surface area contributed by atoms with Gasteiger partial charge in [0.1, 0.15) is 30.0 Å². The first kappa shape index (κ1) is 41.8. The molecule has 0 saturated carbocycles. The van der Waals surface area contributed by atoms with Crippen LogP contribution in [0.2, 0.25) is 5.02 Å². The fourth-order valence-corrected chi connectivity index (χ4v) is 7.39. The van der Waals surface area contributed by atoms with E-state index in [0.29, 0.717) is 50.4 Å². The number of likely N-dealkylation sites (N-methyl/N-ethyl adjacent to an activating group) is 1. The van der Waals surface area contributed by atoms with Crippen LogP contribution in [0.15, 0.2) is 59.2 Å². The number of hydrogen-bond acceptors (Lipinski definition) is 11. The maximum Gasteiger partial charge on any atom is 0.410 e. The summed E-state index contributed by atoms with van der Waals surface area (Å²) in [4.78, 5) is 31.1. The van der Waals surface area contributed by atoms with Crippen molar-refractivity contribution >= 4 is 51.0 Å². The molecule has 0 spiro atoms. The van der Waals surface area contributed by atoms with Crippen LogP contribution in [0.25, 0.3) is 0 Å². The van der Waals surface area contributed by atoms with E-state index in [2.05, 4.69) is 9.36 Å². The third kappa shape index (κ3) is 10.6. The minimum Gasteiger partial charge on any atom is -0.497 e. The van der Waals surface area contributed by atoms with E-state index in [1.807, 2.05) is 0 Å². The van der Waals surface area contributed by atoms with Crippen LogP contribution in [-0.2, 0) is 34.5 Å². The van der Waals surface area contributed by atoms with Crippen LogP contribution in [-0.4, -0.2) is 84.3 Å². The lowest BCUT2D eigenvalue weighted by atomic mass is 10.1. The summed E-state index contributed by atoms with van der Waals surface area (Å²) in [6.07, 6.45) is -0.831. The monoisotopic (exact) mass is 811 g/mol. The van der Waals surface area contributed by atoms with Crippen molar-refractivity contribution in [2.75, 3.05) is 38.2 Å². The van der Waals surface area contributed by atoms with Crippen molar-refractivity contribution in [1.82, 2.24) is 19.2 Å². The van der Waals surface area contributed by atoms with Crippen LogP contribution in [0, 0.1) is 11.6 Å². The molecule has 0 saturated heterocycles. The molecule has 2 amide bonds. The number of halogens is 3. The Balaban J connectivity index is 1.59. The van der Waals surface area contributed by atoms with E-state index in [1.54, 1.807) is 39.8 Å². The van der Waals surface area contributed by atoms with Gasteiger partial charge in [0.15, 0.2) is 17.4 Å². The van der Waals surface area contributed by atoms with E-state index in [-0.39, 0.29) is 43.6 Å². The number of rotatable bonds is 16. The van der Waals surface area contributed by atoms with Crippen LogP contribution in [0.3, 0.4) is 0 Å². The second kappa shape index (κ2) is 17.9. The van der Waals surface area contributed by atoms with E-state index < -0.39 is 61.8 Å². The minimum absolute atomic E-state index is 0.0397. The molecule has 3 aromatic carbocycles. The Labute approximate surface area is 321 Å². The Morgan fingerprint density at radius 3 is 2.22 bits per heavy atom. The van der Waals surface area contributed by atoms with Gasteiger partial charge in [0.05, 0.1) is 26.5 Å². The fourth-order valence-electron chi connectivity index (χ4n) is 5.06. The summed E-state index contributed by atoms with van der Waals surface area (Å²) in [6, 6.07) is 10.6. The van der Waals surface area contributed by atoms with Crippen molar-refractivity contribution in [1.29, 1.82) is 0 Å². The average Bonchev–Trinajstić information content (AvgIpc) is 3.67. The molecule has 14 nitrogen and oxygen atoms in total. The second-order valence-corrected chi connectivity index (χ2v) is 15.8. The number of methoxy groups -OCH3 is 2. The van der Waals surface area contributed by atoms with Crippen LogP contribution in [0.1, 0.15) is 44.4 Å². The van der Waals surface area contributed by atoms with E-state index in [9.17, 15) is 23.1 Å². The van der Waals surface area contributed by atoms with Crippen LogP contribution in [0.4, 0.5) is 24.1 Å². The maximum absolute atomic E-state index is 15.9. The summed E-state index contributed by atoms with van der Waals surface area (Å²) < 4.78 is 84.8. The molecule has 0 aliphatic rings. The van der Waals surface area contributed by atoms with Gasteiger partial charge in [0.2, 0.25) is 4.34 Å². The molecule has 0 unspecified atom stereocenters. The molecule has 0 atom stereocenters. The van der Waals surface area contributed by atoms with Gasteiger partial charge < -0.3 is 33.9 Å². The third-order valence-corrected chi connectivity index (χ3v) is 10.8. The summed E-state index contributed by atoms with van der Waals surface area (Å²) in [6.45, 7) is 6.16. The lowest BCUT2D eigenvalue weighted by Crippen LogP contribution is -2.42. The standard InChI is InChI=1S/C35H40ClF2N5O9S2/c1-7-41(34(46)52-35(2,3)4)12-13-42(33(44)45)18-24-14-25(36)10-8-23(24)20-51-31-17-27(37)29(16-28(31)38)43(54(47,48)32-39-21-40-53-32)19-22-9-11-26(49-5)15-30(22)50-6/h8-11,14-17,21H,7,12-13,18-20H2,1-6H3,(H,44,45). The van der Waals surface area contributed by atoms with Crippen molar-refractivity contribution in [3.63, 3.8) is 0 Å². The number of carbonyl (C=O) groups excluding carboxylic acids is 1. The lowest BCUT2D eigenvalue weighted by Gasteiger charge is -2.28. The summed E-state index contributed by atoms with van der Waals surface area (Å²) in [7, 11) is -1.75. The first-order chi connectivity index (χ1) is 25.5. The van der Waals surface area contributed by atoms with Gasteiger partial charge in [-0.25, -0.2) is 23.4 Å². The van der Waals surface area contributed by atoms with Crippen LogP contribution in [0.5, 0.6) is 17.2 Å². The first-order valence-electron chi connectivity index (χ1n) is 16.3. The Hall–Kier alpha value is -4.94. The summed E-state index contributed by atoms with van der Waals surface area (Å²) in [5.41, 5.74) is -0.252. The molecular weight excluding hydrogens is 772 g/mol. The lowest BCUT2D eigenvalue weighted by molar-refractivity contribution is 0.0240. The number of ether oxygens (including phenoxy) is 4. The largest absolute Gasteiger partial charge is 0.497 e. The van der Waals surface area contributed by atoms with E-state index in [1.165, 1.54) is 43.4 Å². The summed E-state index contributed by atoms with van der Waals surface area (Å²) in [5, 5.41) is 10.3. The van der Waals surface area contributed by atoms with Crippen molar-refractivity contribution in [2.45, 2.75) is 57.3 Å². The highest BCUT2D eigenvalue weighted by atomic mass is 35.5. The van der Waals surface area contributed by atoms with Gasteiger partial charge in [-0.2, -0.15) is 12.8 Å². The molecular formula is C35H40ClF2N5O9S2. The molecule has 0 fully saturated rings. The van der Waals surface area contributed by atoms with Crippen molar-refractivity contribution in [2.24, 2.45) is 0 Å². The number of carbonyl (C=O) groups is 2. The molecule has 19 heteroatoms. The molecule has 1 N–H and O–H groups in total. The highest BCUT2D eigenvalue weighted by molar-refractivity contribution is 7.94. The third-order valence-electron chi connectivity index (χ3n) is 7.79. The normalized spacial score (nSPS) is 11.5. The predicted molar refractivity (Wildman–Crippen MR) is 197 cm³/mol. The Kier molecular flexibility index (Phi) is 13.9. The molecule has 0 bridgehead atoms. The first-order valence-corrected chi connectivity index (χ1v) is 18.9. The van der Waals surface area contributed by atoms with Gasteiger partial charge >= 0.3 is 12.2 Å². The molecule has 4 rings (SSSR count). The Morgan fingerprint density at radius 1 is 0.907 bits per heavy atom. The number of nitrogens with zero attached hydrogens (tertiary/aromatic N) is 5. The predicted octanol–water partition coefficient (Wildman–Crippen LogP) is 7.20. The smallest absolute Gasteiger partial charge is 0.410 e. The van der Waals surface area contributed by atoms with Crippen molar-refractivity contribution in [3.8, 4) is 17.2 Å². The number of aromatic nitrogens is 2. The highest BCUT2D eigenvalue weighted by Gasteiger charge is 2.32. The number of anilines is 1. The van der Waals surface area contributed by atoms with Gasteiger partial charge in [0, 0.05) is 55.0 Å². The van der Waals surface area contributed by atoms with Crippen LogP contribution >= 0.6 is 23.1 Å². The zero-order valence-corrected chi connectivity index (χ0v) is 32.7. The molecule has 0 radical (unpaired) electrons. The quantitative estimate of drug-likeness (QED) is 0.122. The number of amides is 2. The van der Waals surface area contributed by atoms with E-state index in [4.69, 9.17) is 30.5 Å². The molecule has 0 aliphatic carbocycles. The topological polar surface area (TPSA) is 161 Å². The molecule has 4 aromatic rings. The van der Waals surface area contributed by atoms with Gasteiger partial charge in [-0.15, -0.1) is 0 Å². The van der Waals surface area contributed by atoms with Gasteiger partial charge in [0.25, 0.3) is 10.0 Å². The molecule has 1 aromatic heterocycles. The van der Waals surface area contributed by atoms with Crippen LogP contribution < -0.4 is 18.5 Å². The fraction of sp³-hybridized carbons (Fsp3) is 0.371. The minimum atomic E-state index is -4.56. The molecule has 54 heavy (non-hydrogen) atoms. The van der Waals surface area contributed by atoms with Crippen molar-refractivity contribution in [3.05, 3.63) is 88.2 Å².